The van der Waals surface area contributed by atoms with Crippen LogP contribution in [0.4, 0.5) is 17.1 Å². The Bertz CT molecular complexity index is 2680. The average molecular weight is 612 g/mol. The van der Waals surface area contributed by atoms with E-state index in [2.05, 4.69) is 157 Å². The number of hydrogen-bond donors (Lipinski definition) is 0. The fourth-order valence-electron chi connectivity index (χ4n) is 7.52. The summed E-state index contributed by atoms with van der Waals surface area (Å²) in [5.74, 6) is 0. The number of hydrogen-bond acceptors (Lipinski definition) is 3. The molecular weight excluding hydrogens is 583 g/mol. The summed E-state index contributed by atoms with van der Waals surface area (Å²) in [6, 6.07) is 50.0. The molecule has 1 aliphatic rings. The van der Waals surface area contributed by atoms with Crippen molar-refractivity contribution in [3.05, 3.63) is 140 Å². The fourth-order valence-corrected chi connectivity index (χ4v) is 10.0. The quantitative estimate of drug-likeness (QED) is 0.199. The largest absolute Gasteiger partial charge is 0.456 e. The normalized spacial score (nSPS) is 14.3. The van der Waals surface area contributed by atoms with Gasteiger partial charge in [-0.3, -0.25) is 0 Å². The van der Waals surface area contributed by atoms with Crippen LogP contribution >= 0.6 is 10.0 Å². The molecule has 220 valence electrons. The molecule has 0 spiro atoms. The topological polar surface area (TPSA) is 29.5 Å². The lowest BCUT2D eigenvalue weighted by Crippen LogP contribution is -2.10. The Balaban J connectivity index is 1.17. The van der Waals surface area contributed by atoms with Crippen LogP contribution in [0.5, 0.6) is 0 Å². The summed E-state index contributed by atoms with van der Waals surface area (Å²) in [4.78, 5) is 5.23. The van der Waals surface area contributed by atoms with E-state index in [4.69, 9.17) is 8.83 Å². The lowest BCUT2D eigenvalue weighted by Gasteiger charge is -2.30. The van der Waals surface area contributed by atoms with Gasteiger partial charge in [-0.1, -0.05) is 72.8 Å². The molecule has 1 aliphatic heterocycles. The monoisotopic (exact) mass is 611 g/mol. The molecule has 3 nitrogen and oxygen atoms in total. The van der Waals surface area contributed by atoms with Crippen LogP contribution in [0.3, 0.4) is 0 Å². The zero-order chi connectivity index (χ0) is 30.6. The van der Waals surface area contributed by atoms with Gasteiger partial charge in [0.2, 0.25) is 0 Å². The van der Waals surface area contributed by atoms with Gasteiger partial charge < -0.3 is 13.7 Å². The molecule has 0 fully saturated rings. The smallest absolute Gasteiger partial charge is 0.147 e. The predicted molar refractivity (Wildman–Crippen MR) is 195 cm³/mol. The molecule has 0 N–H and O–H groups in total. The lowest BCUT2D eigenvalue weighted by atomic mass is 10.0. The van der Waals surface area contributed by atoms with Gasteiger partial charge in [-0.05, 0) is 89.7 Å². The van der Waals surface area contributed by atoms with Crippen molar-refractivity contribution < 1.29 is 8.83 Å². The lowest BCUT2D eigenvalue weighted by molar-refractivity contribution is 0.664. The van der Waals surface area contributed by atoms with Crippen molar-refractivity contribution in [1.82, 2.24) is 0 Å². The van der Waals surface area contributed by atoms with E-state index in [-0.39, 0.29) is 0 Å². The molecule has 3 heterocycles. The van der Waals surface area contributed by atoms with Gasteiger partial charge in [-0.25, -0.2) is 0 Å². The third-order valence-corrected chi connectivity index (χ3v) is 12.6. The summed E-state index contributed by atoms with van der Waals surface area (Å²) in [5, 5.41) is 6.60. The van der Waals surface area contributed by atoms with Crippen molar-refractivity contribution in [3.63, 3.8) is 0 Å². The predicted octanol–water partition coefficient (Wildman–Crippen LogP) is 12.6. The summed E-state index contributed by atoms with van der Waals surface area (Å²) in [6.45, 7) is 0. The number of para-hydroxylation sites is 1. The molecule has 4 heteroatoms. The molecule has 0 unspecified atom stereocenters. The highest BCUT2D eigenvalue weighted by atomic mass is 32.3. The van der Waals surface area contributed by atoms with Gasteiger partial charge in [-0.15, -0.1) is 0 Å². The Labute approximate surface area is 267 Å². The standard InChI is InChI=1S/C42H29NO2S/c1-46(2)38-15-9-8-14-31(38)32-20-17-29(25-39(32)46)43(27-11-4-3-5-12-27)28-18-21-35-37(24-28)44-36-23-22-34-33-19-16-26-10-6-7-13-30(26)41(33)45-42(34)40(35)36/h3-25H,1-2H3. The maximum absolute atomic E-state index is 6.68. The SMILES string of the molecule is CS1(C)c2ccccc2-c2ccc(N(c3ccccc3)c3ccc4c(c3)oc3ccc5c6ccc7ccccc7c6oc5c34)cc21. The molecule has 7 aromatic carbocycles. The van der Waals surface area contributed by atoms with E-state index >= 15 is 0 Å². The van der Waals surface area contributed by atoms with E-state index < -0.39 is 10.0 Å². The van der Waals surface area contributed by atoms with Crippen LogP contribution < -0.4 is 4.90 Å². The van der Waals surface area contributed by atoms with Crippen LogP contribution in [0.1, 0.15) is 0 Å². The first-order chi connectivity index (χ1) is 22.6. The van der Waals surface area contributed by atoms with E-state index in [0.29, 0.717) is 0 Å². The molecule has 0 bridgehead atoms. The number of rotatable bonds is 3. The molecule has 2 aromatic heterocycles. The van der Waals surface area contributed by atoms with Crippen molar-refractivity contribution in [2.24, 2.45) is 0 Å². The minimum atomic E-state index is -1.14. The van der Waals surface area contributed by atoms with Crippen molar-refractivity contribution >= 4 is 81.7 Å². The molecular formula is C42H29NO2S. The number of nitrogens with zero attached hydrogens (tertiary/aromatic N) is 1. The van der Waals surface area contributed by atoms with Gasteiger partial charge in [0.1, 0.15) is 22.3 Å². The van der Waals surface area contributed by atoms with E-state index in [1.165, 1.54) is 26.3 Å². The third-order valence-electron chi connectivity index (χ3n) is 9.72. The highest BCUT2D eigenvalue weighted by molar-refractivity contribution is 8.33. The van der Waals surface area contributed by atoms with Crippen molar-refractivity contribution in [1.29, 1.82) is 0 Å². The van der Waals surface area contributed by atoms with Gasteiger partial charge >= 0.3 is 0 Å². The Morgan fingerprint density at radius 1 is 0.457 bits per heavy atom. The van der Waals surface area contributed by atoms with Crippen molar-refractivity contribution in [2.45, 2.75) is 9.79 Å². The number of benzene rings is 7. The van der Waals surface area contributed by atoms with E-state index in [1.54, 1.807) is 0 Å². The summed E-state index contributed by atoms with van der Waals surface area (Å²) >= 11 is 0. The Morgan fingerprint density at radius 3 is 2.07 bits per heavy atom. The molecule has 0 aliphatic carbocycles. The highest BCUT2D eigenvalue weighted by Crippen LogP contribution is 2.67. The van der Waals surface area contributed by atoms with Gasteiger partial charge in [0, 0.05) is 54.5 Å². The second-order valence-electron chi connectivity index (χ2n) is 12.5. The Hall–Kier alpha value is -5.45. The highest BCUT2D eigenvalue weighted by Gasteiger charge is 2.32. The molecule has 46 heavy (non-hydrogen) atoms. The van der Waals surface area contributed by atoms with Crippen molar-refractivity contribution in [2.75, 3.05) is 17.4 Å². The number of anilines is 3. The van der Waals surface area contributed by atoms with Crippen LogP contribution in [0.15, 0.2) is 158 Å². The summed E-state index contributed by atoms with van der Waals surface area (Å²) in [5.41, 5.74) is 9.47. The number of furan rings is 2. The van der Waals surface area contributed by atoms with Crippen LogP contribution in [0, 0.1) is 0 Å². The maximum Gasteiger partial charge on any atom is 0.147 e. The van der Waals surface area contributed by atoms with Crippen molar-refractivity contribution in [3.8, 4) is 11.1 Å². The second-order valence-corrected chi connectivity index (χ2v) is 16.1. The molecule has 0 radical (unpaired) electrons. The minimum Gasteiger partial charge on any atom is -0.456 e. The molecule has 0 saturated carbocycles. The minimum absolute atomic E-state index is 0.829. The average Bonchev–Trinajstić information content (AvgIpc) is 3.73. The van der Waals surface area contributed by atoms with Gasteiger partial charge in [0.15, 0.2) is 0 Å². The summed E-state index contributed by atoms with van der Waals surface area (Å²) in [6.07, 6.45) is 4.83. The Morgan fingerprint density at radius 2 is 1.15 bits per heavy atom. The van der Waals surface area contributed by atoms with Crippen LogP contribution in [-0.4, -0.2) is 12.5 Å². The molecule has 10 rings (SSSR count). The van der Waals surface area contributed by atoms with E-state index in [1.807, 2.05) is 0 Å². The summed E-state index contributed by atoms with van der Waals surface area (Å²) < 4.78 is 13.3. The first kappa shape index (κ1) is 25.8. The van der Waals surface area contributed by atoms with Gasteiger partial charge in [0.25, 0.3) is 0 Å². The molecule has 0 amide bonds. The van der Waals surface area contributed by atoms with E-state index in [0.717, 1.165) is 66.3 Å². The summed E-state index contributed by atoms with van der Waals surface area (Å²) in [7, 11) is -1.14. The molecule has 0 saturated heterocycles. The zero-order valence-electron chi connectivity index (χ0n) is 25.5. The first-order valence-corrected chi connectivity index (χ1v) is 18.0. The molecule has 0 atom stereocenters. The second kappa shape index (κ2) is 9.29. The van der Waals surface area contributed by atoms with Gasteiger partial charge in [0.05, 0.1) is 5.39 Å². The van der Waals surface area contributed by atoms with Crippen LogP contribution in [-0.2, 0) is 0 Å². The van der Waals surface area contributed by atoms with Crippen LogP contribution in [0.25, 0.3) is 65.8 Å². The first-order valence-electron chi connectivity index (χ1n) is 15.6. The molecule has 9 aromatic rings. The maximum atomic E-state index is 6.68. The van der Waals surface area contributed by atoms with E-state index in [9.17, 15) is 0 Å². The van der Waals surface area contributed by atoms with Gasteiger partial charge in [-0.2, -0.15) is 10.0 Å². The Kier molecular flexibility index (Phi) is 5.22. The zero-order valence-corrected chi connectivity index (χ0v) is 26.3. The number of fused-ring (bicyclic) bond motifs is 12. The van der Waals surface area contributed by atoms with Crippen LogP contribution in [0.2, 0.25) is 0 Å². The fraction of sp³-hybridized carbons (Fsp3) is 0.0476. The third kappa shape index (κ3) is 3.50.